The second kappa shape index (κ2) is 7.05. The van der Waals surface area contributed by atoms with Crippen molar-refractivity contribution in [2.45, 2.75) is 18.0 Å². The van der Waals surface area contributed by atoms with Crippen LogP contribution in [0.5, 0.6) is 11.5 Å². The predicted octanol–water partition coefficient (Wildman–Crippen LogP) is 4.29. The molecule has 2 aromatic rings. The lowest BCUT2D eigenvalue weighted by atomic mass is 10.2. The van der Waals surface area contributed by atoms with Crippen molar-refractivity contribution in [2.24, 2.45) is 0 Å². The molecule has 0 saturated carbocycles. The summed E-state index contributed by atoms with van der Waals surface area (Å²) >= 11 is 6.98. The van der Waals surface area contributed by atoms with Gasteiger partial charge in [-0.05, 0) is 45.9 Å². The molecule has 0 atom stereocenters. The summed E-state index contributed by atoms with van der Waals surface area (Å²) in [5.41, 5.74) is 1.25. The van der Waals surface area contributed by atoms with E-state index in [9.17, 15) is 0 Å². The third-order valence-electron chi connectivity index (χ3n) is 3.18. The summed E-state index contributed by atoms with van der Waals surface area (Å²) in [6.07, 6.45) is 2.09. The number of thioether (sulfide) groups is 1. The standard InChI is InChI=1S/C15H16BrNO2S2/c1-20-15-6-14-13(18-2-3-19-14)4-10(15)7-17-8-12-5-11(16)9-21-12/h4-6,9,17H,2-3,7-8H2,1H3. The summed E-state index contributed by atoms with van der Waals surface area (Å²) in [4.78, 5) is 2.56. The van der Waals surface area contributed by atoms with Gasteiger partial charge in [0.05, 0.1) is 0 Å². The van der Waals surface area contributed by atoms with Gasteiger partial charge in [0.1, 0.15) is 13.2 Å². The molecule has 6 heteroatoms. The summed E-state index contributed by atoms with van der Waals surface area (Å²) in [6.45, 7) is 2.95. The molecule has 0 aliphatic carbocycles. The third-order valence-corrected chi connectivity index (χ3v) is 5.70. The van der Waals surface area contributed by atoms with Crippen LogP contribution in [0, 0.1) is 0 Å². The highest BCUT2D eigenvalue weighted by molar-refractivity contribution is 9.10. The molecule has 1 aromatic heterocycles. The van der Waals surface area contributed by atoms with Crippen LogP contribution in [0.1, 0.15) is 10.4 Å². The smallest absolute Gasteiger partial charge is 0.162 e. The van der Waals surface area contributed by atoms with Crippen LogP contribution >= 0.6 is 39.0 Å². The molecular weight excluding hydrogens is 370 g/mol. The third kappa shape index (κ3) is 3.74. The van der Waals surface area contributed by atoms with Crippen LogP contribution in [0.2, 0.25) is 0 Å². The number of thiophene rings is 1. The zero-order valence-electron chi connectivity index (χ0n) is 11.6. The summed E-state index contributed by atoms with van der Waals surface area (Å²) < 4.78 is 12.4. The van der Waals surface area contributed by atoms with Crippen LogP contribution in [-0.4, -0.2) is 19.5 Å². The second-order valence-electron chi connectivity index (χ2n) is 4.64. The highest BCUT2D eigenvalue weighted by atomic mass is 79.9. The van der Waals surface area contributed by atoms with E-state index in [0.717, 1.165) is 29.1 Å². The number of hydrogen-bond acceptors (Lipinski definition) is 5. The Morgan fingerprint density at radius 3 is 2.62 bits per heavy atom. The van der Waals surface area contributed by atoms with Gasteiger partial charge < -0.3 is 14.8 Å². The van der Waals surface area contributed by atoms with Crippen LogP contribution in [-0.2, 0) is 13.1 Å². The van der Waals surface area contributed by atoms with E-state index < -0.39 is 0 Å². The van der Waals surface area contributed by atoms with E-state index in [1.165, 1.54) is 15.3 Å². The van der Waals surface area contributed by atoms with Gasteiger partial charge in [-0.1, -0.05) is 0 Å². The number of fused-ring (bicyclic) bond motifs is 1. The molecule has 3 nitrogen and oxygen atoms in total. The van der Waals surface area contributed by atoms with E-state index in [1.54, 1.807) is 23.1 Å². The quantitative estimate of drug-likeness (QED) is 0.777. The average Bonchev–Trinajstić information content (AvgIpc) is 2.92. The van der Waals surface area contributed by atoms with Gasteiger partial charge in [-0.3, -0.25) is 0 Å². The molecule has 0 radical (unpaired) electrons. The van der Waals surface area contributed by atoms with Crippen LogP contribution in [0.15, 0.2) is 32.9 Å². The van der Waals surface area contributed by atoms with E-state index in [2.05, 4.69) is 51.1 Å². The van der Waals surface area contributed by atoms with Crippen molar-refractivity contribution < 1.29 is 9.47 Å². The lowest BCUT2D eigenvalue weighted by Crippen LogP contribution is -2.17. The summed E-state index contributed by atoms with van der Waals surface area (Å²) in [5, 5.41) is 5.60. The van der Waals surface area contributed by atoms with Crippen molar-refractivity contribution in [1.29, 1.82) is 0 Å². The molecule has 1 aliphatic heterocycles. The first-order chi connectivity index (χ1) is 10.3. The Bertz CT molecular complexity index is 630. The fourth-order valence-electron chi connectivity index (χ4n) is 2.21. The van der Waals surface area contributed by atoms with Crippen molar-refractivity contribution in [3.63, 3.8) is 0 Å². The summed E-state index contributed by atoms with van der Waals surface area (Å²) in [6, 6.07) is 6.33. The minimum atomic E-state index is 0.627. The molecule has 0 saturated heterocycles. The Hall–Kier alpha value is -0.690. The van der Waals surface area contributed by atoms with E-state index in [1.807, 2.05) is 0 Å². The lowest BCUT2D eigenvalue weighted by molar-refractivity contribution is 0.171. The van der Waals surface area contributed by atoms with Crippen molar-refractivity contribution >= 4 is 39.0 Å². The summed E-state index contributed by atoms with van der Waals surface area (Å²) in [5.74, 6) is 1.71. The van der Waals surface area contributed by atoms with Crippen molar-refractivity contribution in [3.05, 3.63) is 38.5 Å². The molecule has 0 bridgehead atoms. The van der Waals surface area contributed by atoms with Gasteiger partial charge in [0, 0.05) is 32.7 Å². The monoisotopic (exact) mass is 385 g/mol. The molecule has 0 spiro atoms. The highest BCUT2D eigenvalue weighted by Crippen LogP contribution is 2.36. The first-order valence-electron chi connectivity index (χ1n) is 6.66. The van der Waals surface area contributed by atoms with Crippen LogP contribution in [0.4, 0.5) is 0 Å². The molecule has 21 heavy (non-hydrogen) atoms. The van der Waals surface area contributed by atoms with Gasteiger partial charge in [-0.25, -0.2) is 0 Å². The van der Waals surface area contributed by atoms with E-state index in [4.69, 9.17) is 9.47 Å². The molecule has 0 unspecified atom stereocenters. The van der Waals surface area contributed by atoms with E-state index >= 15 is 0 Å². The maximum Gasteiger partial charge on any atom is 0.162 e. The molecule has 3 rings (SSSR count). The lowest BCUT2D eigenvalue weighted by Gasteiger charge is -2.20. The SMILES string of the molecule is CSc1cc2c(cc1CNCc1cc(Br)cs1)OCCO2. The Kier molecular flexibility index (Phi) is 5.11. The van der Waals surface area contributed by atoms with Crippen molar-refractivity contribution in [3.8, 4) is 11.5 Å². The number of halogens is 1. The topological polar surface area (TPSA) is 30.5 Å². The van der Waals surface area contributed by atoms with E-state index in [-0.39, 0.29) is 0 Å². The van der Waals surface area contributed by atoms with Crippen molar-refractivity contribution in [2.75, 3.05) is 19.5 Å². The minimum Gasteiger partial charge on any atom is -0.486 e. The van der Waals surface area contributed by atoms with Gasteiger partial charge in [0.25, 0.3) is 0 Å². The first-order valence-corrected chi connectivity index (χ1v) is 9.56. The number of hydrogen-bond donors (Lipinski definition) is 1. The molecule has 1 aromatic carbocycles. The van der Waals surface area contributed by atoms with Gasteiger partial charge in [0.15, 0.2) is 11.5 Å². The Morgan fingerprint density at radius 1 is 1.19 bits per heavy atom. The fourth-order valence-corrected chi connectivity index (χ4v) is 4.25. The Morgan fingerprint density at radius 2 is 1.95 bits per heavy atom. The van der Waals surface area contributed by atoms with Gasteiger partial charge in [0.2, 0.25) is 0 Å². The molecule has 0 fully saturated rings. The molecule has 112 valence electrons. The molecule has 1 N–H and O–H groups in total. The number of rotatable bonds is 5. The molecule has 1 aliphatic rings. The zero-order valence-corrected chi connectivity index (χ0v) is 14.9. The fraction of sp³-hybridized carbons (Fsp3) is 0.333. The average molecular weight is 386 g/mol. The number of benzene rings is 1. The second-order valence-corrected chi connectivity index (χ2v) is 7.40. The first kappa shape index (κ1) is 15.2. The van der Waals surface area contributed by atoms with Crippen LogP contribution < -0.4 is 14.8 Å². The van der Waals surface area contributed by atoms with Gasteiger partial charge >= 0.3 is 0 Å². The predicted molar refractivity (Wildman–Crippen MR) is 91.8 cm³/mol. The largest absolute Gasteiger partial charge is 0.486 e. The highest BCUT2D eigenvalue weighted by Gasteiger charge is 2.15. The van der Waals surface area contributed by atoms with E-state index in [0.29, 0.717) is 13.2 Å². The van der Waals surface area contributed by atoms with Crippen molar-refractivity contribution in [1.82, 2.24) is 5.32 Å². The molecule has 0 amide bonds. The maximum absolute atomic E-state index is 5.67. The molecule has 2 heterocycles. The van der Waals surface area contributed by atoms with Gasteiger partial charge in [-0.15, -0.1) is 23.1 Å². The zero-order chi connectivity index (χ0) is 14.7. The van der Waals surface area contributed by atoms with Crippen LogP contribution in [0.3, 0.4) is 0 Å². The van der Waals surface area contributed by atoms with Crippen LogP contribution in [0.25, 0.3) is 0 Å². The normalized spacial score (nSPS) is 13.4. The Labute approximate surface area is 141 Å². The number of ether oxygens (including phenoxy) is 2. The minimum absolute atomic E-state index is 0.627. The maximum atomic E-state index is 5.67. The number of nitrogens with one attached hydrogen (secondary N) is 1. The summed E-state index contributed by atoms with van der Waals surface area (Å²) in [7, 11) is 0. The molecular formula is C15H16BrNO2S2. The van der Waals surface area contributed by atoms with Gasteiger partial charge in [-0.2, -0.15) is 0 Å². The Balaban J connectivity index is 1.69.